The predicted octanol–water partition coefficient (Wildman–Crippen LogP) is 3.16. The fraction of sp³-hybridized carbons (Fsp3) is 0.429. The number of furan rings is 1. The van der Waals surface area contributed by atoms with E-state index in [1.807, 2.05) is 30.3 Å². The molecule has 0 aliphatic rings. The zero-order valence-corrected chi connectivity index (χ0v) is 18.6. The van der Waals surface area contributed by atoms with Crippen LogP contribution in [0.15, 0.2) is 46.2 Å². The van der Waals surface area contributed by atoms with Crippen LogP contribution in [0.1, 0.15) is 36.8 Å². The number of aromatic nitrogens is 4. The van der Waals surface area contributed by atoms with Crippen LogP contribution in [0, 0.1) is 13.8 Å². The second-order valence-corrected chi connectivity index (χ2v) is 7.93. The summed E-state index contributed by atoms with van der Waals surface area (Å²) in [4.78, 5) is 14.8. The number of nitrogens with one attached hydrogen (secondary N) is 1. The smallest absolute Gasteiger partial charge is 0.230 e. The van der Waals surface area contributed by atoms with Crippen molar-refractivity contribution in [2.75, 3.05) is 25.4 Å². The van der Waals surface area contributed by atoms with E-state index in [4.69, 9.17) is 4.42 Å². The van der Waals surface area contributed by atoms with E-state index in [1.54, 1.807) is 10.9 Å². The van der Waals surface area contributed by atoms with Crippen LogP contribution in [0.5, 0.6) is 0 Å². The molecule has 0 radical (unpaired) electrons. The van der Waals surface area contributed by atoms with Crippen LogP contribution in [0.3, 0.4) is 0 Å². The molecular formula is C21H28N6O2S. The zero-order chi connectivity index (χ0) is 21.5. The number of amides is 1. The number of thioether (sulfide) groups is 1. The van der Waals surface area contributed by atoms with Crippen LogP contribution in [0.2, 0.25) is 0 Å². The molecule has 3 rings (SSSR count). The normalized spacial score (nSPS) is 12.3. The summed E-state index contributed by atoms with van der Waals surface area (Å²) < 4.78 is 7.24. The highest BCUT2D eigenvalue weighted by molar-refractivity contribution is 7.99. The molecule has 0 fully saturated rings. The van der Waals surface area contributed by atoms with E-state index >= 15 is 0 Å². The van der Waals surface area contributed by atoms with Gasteiger partial charge in [-0.3, -0.25) is 9.69 Å². The Kier molecular flexibility index (Phi) is 7.64. The number of aryl methyl sites for hydroxylation is 2. The molecular weight excluding hydrogens is 400 g/mol. The van der Waals surface area contributed by atoms with Crippen molar-refractivity contribution in [3.05, 3.63) is 53.5 Å². The largest absolute Gasteiger partial charge is 0.468 e. The summed E-state index contributed by atoms with van der Waals surface area (Å²) in [5.41, 5.74) is 3.25. The Morgan fingerprint density at radius 1 is 1.23 bits per heavy atom. The van der Waals surface area contributed by atoms with Crippen LogP contribution in [0.4, 0.5) is 0 Å². The Morgan fingerprint density at radius 2 is 2.03 bits per heavy atom. The zero-order valence-electron chi connectivity index (χ0n) is 17.8. The van der Waals surface area contributed by atoms with Crippen molar-refractivity contribution >= 4 is 17.7 Å². The van der Waals surface area contributed by atoms with Gasteiger partial charge in [0.1, 0.15) is 5.76 Å². The molecule has 0 aliphatic heterocycles. The lowest BCUT2D eigenvalue weighted by molar-refractivity contribution is -0.118. The van der Waals surface area contributed by atoms with E-state index in [0.717, 1.165) is 30.1 Å². The summed E-state index contributed by atoms with van der Waals surface area (Å²) in [7, 11) is 0. The maximum Gasteiger partial charge on any atom is 0.230 e. The molecule has 2 heterocycles. The molecule has 1 amide bonds. The molecule has 8 nitrogen and oxygen atoms in total. The molecule has 0 spiro atoms. The van der Waals surface area contributed by atoms with E-state index in [-0.39, 0.29) is 17.7 Å². The highest BCUT2D eigenvalue weighted by Crippen LogP contribution is 2.22. The number of nitrogens with zero attached hydrogens (tertiary/aromatic N) is 5. The first kappa shape index (κ1) is 22.0. The molecule has 3 aromatic rings. The van der Waals surface area contributed by atoms with Gasteiger partial charge in [0.15, 0.2) is 0 Å². The van der Waals surface area contributed by atoms with Gasteiger partial charge in [0.05, 0.1) is 23.7 Å². The highest BCUT2D eigenvalue weighted by atomic mass is 32.2. The lowest BCUT2D eigenvalue weighted by Gasteiger charge is -2.28. The summed E-state index contributed by atoms with van der Waals surface area (Å²) in [6.45, 7) is 10.5. The molecule has 1 N–H and O–H groups in total. The molecule has 1 aromatic carbocycles. The molecule has 1 atom stereocenters. The van der Waals surface area contributed by atoms with Crippen molar-refractivity contribution < 1.29 is 9.21 Å². The standard InChI is InChI=1S/C21H28N6O2S/c1-5-26(6-2)18(19-8-7-11-29-19)13-22-20(28)14-30-21-23-24-25-27(21)17-10-9-15(3)16(4)12-17/h7-12,18H,5-6,13-14H2,1-4H3,(H,22,28)/t18-/m1/s1. The Hall–Kier alpha value is -2.65. The van der Waals surface area contributed by atoms with E-state index in [9.17, 15) is 4.79 Å². The van der Waals surface area contributed by atoms with Gasteiger partial charge in [0.25, 0.3) is 0 Å². The lowest BCUT2D eigenvalue weighted by Crippen LogP contribution is -2.38. The topological polar surface area (TPSA) is 89.1 Å². The number of likely N-dealkylation sites (N-methyl/N-ethyl adjacent to an activating group) is 1. The minimum Gasteiger partial charge on any atom is -0.468 e. The highest BCUT2D eigenvalue weighted by Gasteiger charge is 2.21. The molecule has 30 heavy (non-hydrogen) atoms. The molecule has 0 bridgehead atoms. The SMILES string of the molecule is CCN(CC)[C@H](CNC(=O)CSc1nnnn1-c1ccc(C)c(C)c1)c1ccco1. The number of carbonyl (C=O) groups excluding carboxylic acids is 1. The van der Waals surface area contributed by atoms with Gasteiger partial charge in [-0.05, 0) is 72.8 Å². The first-order chi connectivity index (χ1) is 14.5. The first-order valence-electron chi connectivity index (χ1n) is 10.1. The third kappa shape index (κ3) is 5.28. The summed E-state index contributed by atoms with van der Waals surface area (Å²) in [6, 6.07) is 9.87. The number of tetrazole rings is 1. The van der Waals surface area contributed by atoms with E-state index in [0.29, 0.717) is 11.7 Å². The second kappa shape index (κ2) is 10.4. The molecule has 0 aliphatic carbocycles. The van der Waals surface area contributed by atoms with Gasteiger partial charge in [-0.25, -0.2) is 0 Å². The Labute approximate surface area is 181 Å². The second-order valence-electron chi connectivity index (χ2n) is 6.99. The molecule has 2 aromatic heterocycles. The maximum atomic E-state index is 12.5. The van der Waals surface area contributed by atoms with Crippen molar-refractivity contribution in [3.8, 4) is 5.69 Å². The monoisotopic (exact) mass is 428 g/mol. The quantitative estimate of drug-likeness (QED) is 0.496. The van der Waals surface area contributed by atoms with Gasteiger partial charge in [0, 0.05) is 6.54 Å². The lowest BCUT2D eigenvalue weighted by atomic mass is 10.1. The van der Waals surface area contributed by atoms with Crippen LogP contribution in [-0.2, 0) is 4.79 Å². The third-order valence-electron chi connectivity index (χ3n) is 5.13. The van der Waals surface area contributed by atoms with Gasteiger partial charge >= 0.3 is 0 Å². The fourth-order valence-corrected chi connectivity index (χ4v) is 3.96. The van der Waals surface area contributed by atoms with Crippen LogP contribution >= 0.6 is 11.8 Å². The first-order valence-corrected chi connectivity index (χ1v) is 11.0. The van der Waals surface area contributed by atoms with Crippen molar-refractivity contribution in [3.63, 3.8) is 0 Å². The van der Waals surface area contributed by atoms with E-state index in [2.05, 4.69) is 53.4 Å². The number of carbonyl (C=O) groups is 1. The number of benzene rings is 1. The molecule has 0 saturated carbocycles. The fourth-order valence-electron chi connectivity index (χ4n) is 3.23. The molecule has 0 unspecified atom stereocenters. The van der Waals surface area contributed by atoms with E-state index < -0.39 is 0 Å². The third-order valence-corrected chi connectivity index (χ3v) is 6.04. The summed E-state index contributed by atoms with van der Waals surface area (Å²) >= 11 is 1.31. The van der Waals surface area contributed by atoms with Crippen LogP contribution < -0.4 is 5.32 Å². The van der Waals surface area contributed by atoms with Crippen molar-refractivity contribution in [1.29, 1.82) is 0 Å². The maximum absolute atomic E-state index is 12.5. The van der Waals surface area contributed by atoms with Crippen molar-refractivity contribution in [1.82, 2.24) is 30.4 Å². The molecule has 9 heteroatoms. The van der Waals surface area contributed by atoms with Crippen molar-refractivity contribution in [2.24, 2.45) is 0 Å². The Bertz CT molecular complexity index is 952. The molecule has 160 valence electrons. The van der Waals surface area contributed by atoms with Gasteiger partial charge < -0.3 is 9.73 Å². The number of hydrogen-bond donors (Lipinski definition) is 1. The molecule has 0 saturated heterocycles. The van der Waals surface area contributed by atoms with E-state index in [1.165, 1.54) is 17.3 Å². The average molecular weight is 429 g/mol. The van der Waals surface area contributed by atoms with Gasteiger partial charge in [-0.1, -0.05) is 31.7 Å². The summed E-state index contributed by atoms with van der Waals surface area (Å²) in [6.07, 6.45) is 1.66. The van der Waals surface area contributed by atoms with Crippen molar-refractivity contribution in [2.45, 2.75) is 38.9 Å². The van der Waals surface area contributed by atoms with Gasteiger partial charge in [0.2, 0.25) is 11.1 Å². The summed E-state index contributed by atoms with van der Waals surface area (Å²) in [5.74, 6) is 1.01. The van der Waals surface area contributed by atoms with Gasteiger partial charge in [-0.15, -0.1) is 5.10 Å². The predicted molar refractivity (Wildman–Crippen MR) is 117 cm³/mol. The average Bonchev–Trinajstić information content (AvgIpc) is 3.43. The Morgan fingerprint density at radius 3 is 2.70 bits per heavy atom. The Balaban J connectivity index is 1.60. The van der Waals surface area contributed by atoms with Gasteiger partial charge in [-0.2, -0.15) is 4.68 Å². The van der Waals surface area contributed by atoms with Crippen LogP contribution in [-0.4, -0.2) is 56.4 Å². The number of hydrogen-bond acceptors (Lipinski definition) is 7. The number of rotatable bonds is 10. The minimum atomic E-state index is -0.0710. The summed E-state index contributed by atoms with van der Waals surface area (Å²) in [5, 5.41) is 15.5. The van der Waals surface area contributed by atoms with Crippen LogP contribution in [0.25, 0.3) is 5.69 Å². The minimum absolute atomic E-state index is 0.00445.